The molecule has 0 atom stereocenters. The van der Waals surface area contributed by atoms with Crippen molar-refractivity contribution in [3.05, 3.63) is 53.3 Å². The molecule has 2 aromatic rings. The molecule has 2 N–H and O–H groups in total. The lowest BCUT2D eigenvalue weighted by Gasteiger charge is -2.12. The van der Waals surface area contributed by atoms with Gasteiger partial charge < -0.3 is 10.5 Å². The SMILES string of the molecule is COC(=O)c1cc(C)c(F)cc1-c1ccccc1N. The summed E-state index contributed by atoms with van der Waals surface area (Å²) in [7, 11) is 1.29. The molecule has 0 aliphatic heterocycles. The third-order valence-corrected chi connectivity index (χ3v) is 2.96. The lowest BCUT2D eigenvalue weighted by molar-refractivity contribution is 0.0601. The zero-order valence-electron chi connectivity index (χ0n) is 10.7. The Labute approximate surface area is 110 Å². The molecule has 0 aliphatic carbocycles. The zero-order chi connectivity index (χ0) is 14.0. The van der Waals surface area contributed by atoms with Gasteiger partial charge in [0.2, 0.25) is 0 Å². The number of aryl methyl sites for hydroxylation is 1. The number of halogens is 1. The maximum absolute atomic E-state index is 13.8. The summed E-state index contributed by atoms with van der Waals surface area (Å²) < 4.78 is 18.5. The van der Waals surface area contributed by atoms with Crippen LogP contribution in [-0.4, -0.2) is 13.1 Å². The molecule has 98 valence electrons. The monoisotopic (exact) mass is 259 g/mol. The van der Waals surface area contributed by atoms with Gasteiger partial charge in [-0.05, 0) is 30.7 Å². The fraction of sp³-hybridized carbons (Fsp3) is 0.133. The first-order valence-corrected chi connectivity index (χ1v) is 5.78. The second-order valence-corrected chi connectivity index (χ2v) is 4.23. The number of carbonyl (C=O) groups excluding carboxylic acids is 1. The van der Waals surface area contributed by atoms with Crippen molar-refractivity contribution in [2.75, 3.05) is 12.8 Å². The summed E-state index contributed by atoms with van der Waals surface area (Å²) in [4.78, 5) is 11.8. The van der Waals surface area contributed by atoms with Gasteiger partial charge in [-0.2, -0.15) is 0 Å². The number of rotatable bonds is 2. The van der Waals surface area contributed by atoms with E-state index in [9.17, 15) is 9.18 Å². The smallest absolute Gasteiger partial charge is 0.338 e. The van der Waals surface area contributed by atoms with Gasteiger partial charge in [-0.1, -0.05) is 18.2 Å². The number of esters is 1. The first-order valence-electron chi connectivity index (χ1n) is 5.78. The molecule has 0 saturated carbocycles. The molecular weight excluding hydrogens is 245 g/mol. The van der Waals surface area contributed by atoms with Crippen molar-refractivity contribution < 1.29 is 13.9 Å². The standard InChI is InChI=1S/C15H14FNO2/c1-9-7-12(15(18)19-2)11(8-13(9)16)10-5-3-4-6-14(10)17/h3-8H,17H2,1-2H3. The highest BCUT2D eigenvalue weighted by molar-refractivity contribution is 5.99. The average Bonchev–Trinajstić information content (AvgIpc) is 2.41. The van der Waals surface area contributed by atoms with E-state index in [2.05, 4.69) is 0 Å². The summed E-state index contributed by atoms with van der Waals surface area (Å²) in [5, 5.41) is 0. The Morgan fingerprint density at radius 1 is 1.21 bits per heavy atom. The van der Waals surface area contributed by atoms with E-state index in [1.807, 2.05) is 0 Å². The van der Waals surface area contributed by atoms with Crippen LogP contribution in [0.1, 0.15) is 15.9 Å². The van der Waals surface area contributed by atoms with Crippen molar-refractivity contribution in [1.82, 2.24) is 0 Å². The number of methoxy groups -OCH3 is 1. The second kappa shape index (κ2) is 5.10. The molecular formula is C15H14FNO2. The molecule has 2 aromatic carbocycles. The highest BCUT2D eigenvalue weighted by atomic mass is 19.1. The summed E-state index contributed by atoms with van der Waals surface area (Å²) in [6, 6.07) is 9.79. The molecule has 0 radical (unpaired) electrons. The predicted molar refractivity (Wildman–Crippen MR) is 72.3 cm³/mol. The molecule has 2 rings (SSSR count). The van der Waals surface area contributed by atoms with Crippen molar-refractivity contribution in [3.63, 3.8) is 0 Å². The summed E-state index contributed by atoms with van der Waals surface area (Å²) in [5.41, 5.74) is 8.10. The maximum atomic E-state index is 13.8. The van der Waals surface area contributed by atoms with E-state index in [0.717, 1.165) is 0 Å². The fourth-order valence-electron chi connectivity index (χ4n) is 1.93. The van der Waals surface area contributed by atoms with E-state index in [-0.39, 0.29) is 5.82 Å². The number of para-hydroxylation sites is 1. The van der Waals surface area contributed by atoms with Crippen LogP contribution >= 0.6 is 0 Å². The van der Waals surface area contributed by atoms with Crippen molar-refractivity contribution in [1.29, 1.82) is 0 Å². The molecule has 3 nitrogen and oxygen atoms in total. The van der Waals surface area contributed by atoms with E-state index in [1.54, 1.807) is 31.2 Å². The van der Waals surface area contributed by atoms with Gasteiger partial charge in [0.1, 0.15) is 5.82 Å². The van der Waals surface area contributed by atoms with E-state index in [4.69, 9.17) is 10.5 Å². The normalized spacial score (nSPS) is 10.3. The first-order chi connectivity index (χ1) is 9.04. The molecule has 19 heavy (non-hydrogen) atoms. The number of hydrogen-bond donors (Lipinski definition) is 1. The van der Waals surface area contributed by atoms with Crippen molar-refractivity contribution in [2.45, 2.75) is 6.92 Å². The van der Waals surface area contributed by atoms with E-state index >= 15 is 0 Å². The van der Waals surface area contributed by atoms with Crippen LogP contribution in [0.3, 0.4) is 0 Å². The number of nitrogens with two attached hydrogens (primary N) is 1. The predicted octanol–water partition coefficient (Wildman–Crippen LogP) is 3.17. The maximum Gasteiger partial charge on any atom is 0.338 e. The Balaban J connectivity index is 2.72. The number of carbonyl (C=O) groups is 1. The Morgan fingerprint density at radius 3 is 2.53 bits per heavy atom. The second-order valence-electron chi connectivity index (χ2n) is 4.23. The molecule has 0 heterocycles. The molecule has 0 saturated heterocycles. The van der Waals surface area contributed by atoms with E-state index in [1.165, 1.54) is 19.2 Å². The van der Waals surface area contributed by atoms with Gasteiger partial charge in [0.05, 0.1) is 12.7 Å². The number of ether oxygens (including phenoxy) is 1. The van der Waals surface area contributed by atoms with Crippen molar-refractivity contribution in [3.8, 4) is 11.1 Å². The molecule has 0 amide bonds. The van der Waals surface area contributed by atoms with Gasteiger partial charge in [0.25, 0.3) is 0 Å². The fourth-order valence-corrected chi connectivity index (χ4v) is 1.93. The largest absolute Gasteiger partial charge is 0.465 e. The van der Waals surface area contributed by atoms with Crippen molar-refractivity contribution >= 4 is 11.7 Å². The lowest BCUT2D eigenvalue weighted by atomic mass is 9.96. The van der Waals surface area contributed by atoms with Crippen LogP contribution in [0.4, 0.5) is 10.1 Å². The molecule has 0 fully saturated rings. The van der Waals surface area contributed by atoms with Crippen LogP contribution in [0.2, 0.25) is 0 Å². The number of nitrogen functional groups attached to an aromatic ring is 1. The quantitative estimate of drug-likeness (QED) is 0.665. The van der Waals surface area contributed by atoms with Crippen LogP contribution in [-0.2, 0) is 4.74 Å². The summed E-state index contributed by atoms with van der Waals surface area (Å²) in [5.74, 6) is -0.896. The molecule has 4 heteroatoms. The molecule has 0 aromatic heterocycles. The summed E-state index contributed by atoms with van der Waals surface area (Å²) in [6.45, 7) is 1.60. The third-order valence-electron chi connectivity index (χ3n) is 2.96. The number of hydrogen-bond acceptors (Lipinski definition) is 3. The number of benzene rings is 2. The van der Waals surface area contributed by atoms with Gasteiger partial charge in [-0.15, -0.1) is 0 Å². The van der Waals surface area contributed by atoms with Crippen LogP contribution in [0.25, 0.3) is 11.1 Å². The highest BCUT2D eigenvalue weighted by Crippen LogP contribution is 2.31. The summed E-state index contributed by atoms with van der Waals surface area (Å²) >= 11 is 0. The molecule has 0 aliphatic rings. The Kier molecular flexibility index (Phi) is 3.51. The Bertz CT molecular complexity index is 638. The molecule has 0 bridgehead atoms. The molecule has 0 unspecified atom stereocenters. The minimum Gasteiger partial charge on any atom is -0.465 e. The highest BCUT2D eigenvalue weighted by Gasteiger charge is 2.17. The third kappa shape index (κ3) is 2.42. The van der Waals surface area contributed by atoms with E-state index < -0.39 is 5.97 Å². The Hall–Kier alpha value is -2.36. The van der Waals surface area contributed by atoms with Crippen LogP contribution in [0.5, 0.6) is 0 Å². The minimum atomic E-state index is -0.513. The zero-order valence-corrected chi connectivity index (χ0v) is 10.7. The van der Waals surface area contributed by atoms with Crippen LogP contribution in [0, 0.1) is 12.7 Å². The van der Waals surface area contributed by atoms with Crippen LogP contribution in [0.15, 0.2) is 36.4 Å². The average molecular weight is 259 g/mol. The number of anilines is 1. The van der Waals surface area contributed by atoms with Crippen LogP contribution < -0.4 is 5.73 Å². The van der Waals surface area contributed by atoms with Gasteiger partial charge in [-0.3, -0.25) is 0 Å². The lowest BCUT2D eigenvalue weighted by Crippen LogP contribution is -2.06. The Morgan fingerprint density at radius 2 is 1.89 bits per heavy atom. The first kappa shape index (κ1) is 13.1. The van der Waals surface area contributed by atoms with E-state index in [0.29, 0.717) is 27.9 Å². The van der Waals surface area contributed by atoms with Gasteiger partial charge in [0.15, 0.2) is 0 Å². The van der Waals surface area contributed by atoms with Gasteiger partial charge in [0, 0.05) is 16.8 Å². The van der Waals surface area contributed by atoms with Gasteiger partial charge in [-0.25, -0.2) is 9.18 Å². The minimum absolute atomic E-state index is 0.305. The topological polar surface area (TPSA) is 52.3 Å². The van der Waals surface area contributed by atoms with Gasteiger partial charge >= 0.3 is 5.97 Å². The van der Waals surface area contributed by atoms with Crippen molar-refractivity contribution in [2.24, 2.45) is 0 Å². The molecule has 0 spiro atoms. The summed E-state index contributed by atoms with van der Waals surface area (Å²) in [6.07, 6.45) is 0.